The van der Waals surface area contributed by atoms with Crippen LogP contribution in [0.4, 0.5) is 10.1 Å². The van der Waals surface area contributed by atoms with Gasteiger partial charge in [0.15, 0.2) is 5.65 Å². The molecule has 1 aromatic carbocycles. The van der Waals surface area contributed by atoms with Crippen LogP contribution in [-0.2, 0) is 4.79 Å². The van der Waals surface area contributed by atoms with Crippen LogP contribution in [0.2, 0.25) is 5.02 Å². The number of aromatic nitrogens is 3. The van der Waals surface area contributed by atoms with Gasteiger partial charge >= 0.3 is 0 Å². The molecule has 2 aromatic heterocycles. The highest BCUT2D eigenvalue weighted by Gasteiger charge is 2.70. The van der Waals surface area contributed by atoms with Crippen molar-refractivity contribution in [3.63, 3.8) is 0 Å². The van der Waals surface area contributed by atoms with Crippen LogP contribution in [0.1, 0.15) is 36.0 Å². The first kappa shape index (κ1) is 18.1. The molecule has 7 nitrogen and oxygen atoms in total. The van der Waals surface area contributed by atoms with Crippen molar-refractivity contribution in [3.05, 3.63) is 59.3 Å². The molecule has 2 heterocycles. The maximum absolute atomic E-state index is 13.3. The lowest BCUT2D eigenvalue weighted by Gasteiger charge is -2.66. The average Bonchev–Trinajstić information content (AvgIpc) is 3.13. The lowest BCUT2D eigenvalue weighted by Crippen LogP contribution is -2.77. The van der Waals surface area contributed by atoms with Crippen molar-refractivity contribution in [1.82, 2.24) is 19.9 Å². The highest BCUT2D eigenvalue weighted by molar-refractivity contribution is 6.33. The summed E-state index contributed by atoms with van der Waals surface area (Å²) >= 11 is 6.04. The quantitative estimate of drug-likeness (QED) is 0.687. The van der Waals surface area contributed by atoms with Crippen LogP contribution in [-0.4, -0.2) is 32.0 Å². The molecule has 0 spiro atoms. The molecule has 0 radical (unpaired) electrons. The molecule has 0 saturated heterocycles. The van der Waals surface area contributed by atoms with Gasteiger partial charge in [0.2, 0.25) is 5.91 Å². The third kappa shape index (κ3) is 2.55. The van der Waals surface area contributed by atoms with E-state index in [0.717, 1.165) is 18.9 Å². The number of halogens is 2. The van der Waals surface area contributed by atoms with E-state index in [2.05, 4.69) is 20.7 Å². The highest BCUT2D eigenvalue weighted by Crippen LogP contribution is 2.64. The van der Waals surface area contributed by atoms with Crippen LogP contribution in [0, 0.1) is 11.2 Å². The number of hydrogen-bond donors (Lipinski definition) is 2. The molecule has 29 heavy (non-hydrogen) atoms. The number of amides is 2. The standard InChI is InChI=1S/C20H17ClFN5O2/c21-14-10-12(22)2-3-15(14)25-18(29)19-4-6-20(19,7-5-19)26-17(28)13-11-24-27-9-1-8-23-16(13)27/h1-3,8-11H,4-7H2,(H,25,29)(H,26,28). The van der Waals surface area contributed by atoms with Crippen LogP contribution in [0.3, 0.4) is 0 Å². The smallest absolute Gasteiger partial charge is 0.257 e. The summed E-state index contributed by atoms with van der Waals surface area (Å²) in [6.45, 7) is 0. The number of nitrogens with one attached hydrogen (secondary N) is 2. The van der Waals surface area contributed by atoms with Crippen molar-refractivity contribution in [2.45, 2.75) is 31.2 Å². The number of carbonyl (C=O) groups excluding carboxylic acids is 2. The molecule has 9 heteroatoms. The third-order valence-corrected chi connectivity index (χ3v) is 6.68. The number of rotatable bonds is 4. The summed E-state index contributed by atoms with van der Waals surface area (Å²) in [5, 5.41) is 10.2. The molecule has 0 aliphatic heterocycles. The average molecular weight is 414 g/mol. The van der Waals surface area contributed by atoms with Gasteiger partial charge in [-0.15, -0.1) is 0 Å². The third-order valence-electron chi connectivity index (χ3n) is 6.36. The Labute approximate surface area is 170 Å². The largest absolute Gasteiger partial charge is 0.345 e. The van der Waals surface area contributed by atoms with E-state index >= 15 is 0 Å². The minimum Gasteiger partial charge on any atom is -0.345 e. The maximum Gasteiger partial charge on any atom is 0.257 e. The van der Waals surface area contributed by atoms with Crippen LogP contribution in [0.15, 0.2) is 42.9 Å². The van der Waals surface area contributed by atoms with Gasteiger partial charge in [-0.3, -0.25) is 9.59 Å². The number of hydrogen-bond acceptors (Lipinski definition) is 4. The zero-order chi connectivity index (χ0) is 20.2. The second-order valence-electron chi connectivity index (χ2n) is 7.64. The predicted molar refractivity (Wildman–Crippen MR) is 104 cm³/mol. The minimum absolute atomic E-state index is 0.139. The molecule has 2 aliphatic carbocycles. The molecule has 2 aliphatic rings. The fraction of sp³-hybridized carbons (Fsp3) is 0.300. The van der Waals surface area contributed by atoms with Crippen molar-refractivity contribution in [1.29, 1.82) is 0 Å². The summed E-state index contributed by atoms with van der Waals surface area (Å²) in [4.78, 5) is 30.2. The van der Waals surface area contributed by atoms with Crippen LogP contribution in [0.5, 0.6) is 0 Å². The lowest BCUT2D eigenvalue weighted by atomic mass is 9.42. The SMILES string of the molecule is O=C(NC12CCC1(C(=O)Nc1ccc(F)cc1Cl)CC2)c1cnn2cccnc12. The highest BCUT2D eigenvalue weighted by atomic mass is 35.5. The van der Waals surface area contributed by atoms with Crippen molar-refractivity contribution in [2.75, 3.05) is 5.32 Å². The van der Waals surface area contributed by atoms with E-state index in [-0.39, 0.29) is 16.8 Å². The Morgan fingerprint density at radius 2 is 2.00 bits per heavy atom. The summed E-state index contributed by atoms with van der Waals surface area (Å²) in [7, 11) is 0. The normalized spacial score (nSPS) is 24.9. The molecule has 2 fully saturated rings. The monoisotopic (exact) mass is 413 g/mol. The molecule has 0 atom stereocenters. The molecule has 5 rings (SSSR count). The summed E-state index contributed by atoms with van der Waals surface area (Å²) in [5.41, 5.74) is -0.0818. The van der Waals surface area contributed by atoms with Gasteiger partial charge in [-0.1, -0.05) is 11.6 Å². The second kappa shape index (κ2) is 6.25. The zero-order valence-electron chi connectivity index (χ0n) is 15.3. The summed E-state index contributed by atoms with van der Waals surface area (Å²) in [6.07, 6.45) is 7.57. The van der Waals surface area contributed by atoms with Crippen LogP contribution >= 0.6 is 11.6 Å². The first-order valence-corrected chi connectivity index (χ1v) is 9.69. The topological polar surface area (TPSA) is 88.4 Å². The number of benzene rings is 1. The van der Waals surface area contributed by atoms with E-state index in [9.17, 15) is 14.0 Å². The van der Waals surface area contributed by atoms with Gasteiger partial charge in [0.1, 0.15) is 11.4 Å². The van der Waals surface area contributed by atoms with E-state index in [0.29, 0.717) is 29.7 Å². The molecular formula is C20H17ClFN5O2. The van der Waals surface area contributed by atoms with Crippen molar-refractivity contribution >= 4 is 34.7 Å². The molecule has 148 valence electrons. The minimum atomic E-state index is -0.684. The molecule has 2 saturated carbocycles. The molecular weight excluding hydrogens is 397 g/mol. The van der Waals surface area contributed by atoms with Gasteiger partial charge in [0, 0.05) is 12.4 Å². The Kier molecular flexibility index (Phi) is 3.89. The van der Waals surface area contributed by atoms with Crippen molar-refractivity contribution in [2.24, 2.45) is 5.41 Å². The Hall–Kier alpha value is -3.00. The fourth-order valence-electron chi connectivity index (χ4n) is 4.50. The predicted octanol–water partition coefficient (Wildman–Crippen LogP) is 3.20. The Bertz CT molecular complexity index is 1150. The Balaban J connectivity index is 1.37. The number of anilines is 1. The molecule has 3 aromatic rings. The summed E-state index contributed by atoms with van der Waals surface area (Å²) in [6, 6.07) is 5.57. The maximum atomic E-state index is 13.3. The fourth-order valence-corrected chi connectivity index (χ4v) is 4.72. The first-order valence-electron chi connectivity index (χ1n) is 9.32. The van der Waals surface area contributed by atoms with Gasteiger partial charge in [0.05, 0.1) is 27.9 Å². The van der Waals surface area contributed by atoms with Gasteiger partial charge in [-0.05, 0) is 49.9 Å². The van der Waals surface area contributed by atoms with Gasteiger partial charge in [-0.2, -0.15) is 5.10 Å². The van der Waals surface area contributed by atoms with Gasteiger partial charge in [-0.25, -0.2) is 13.9 Å². The Morgan fingerprint density at radius 3 is 2.69 bits per heavy atom. The molecule has 0 unspecified atom stereocenters. The van der Waals surface area contributed by atoms with Gasteiger partial charge in [0.25, 0.3) is 5.91 Å². The van der Waals surface area contributed by atoms with E-state index in [1.54, 1.807) is 18.5 Å². The molecule has 2 N–H and O–H groups in total. The van der Waals surface area contributed by atoms with Crippen molar-refractivity contribution < 1.29 is 14.0 Å². The molecule has 2 amide bonds. The van der Waals surface area contributed by atoms with E-state index in [4.69, 9.17) is 11.6 Å². The number of fused-ring (bicyclic) bond motifs is 2. The van der Waals surface area contributed by atoms with Crippen LogP contribution < -0.4 is 10.6 Å². The van der Waals surface area contributed by atoms with Gasteiger partial charge < -0.3 is 10.6 Å². The number of nitrogens with zero attached hydrogens (tertiary/aromatic N) is 3. The van der Waals surface area contributed by atoms with E-state index in [1.165, 1.54) is 22.8 Å². The first-order chi connectivity index (χ1) is 13.9. The molecule has 0 bridgehead atoms. The number of carbonyl (C=O) groups is 2. The van der Waals surface area contributed by atoms with E-state index < -0.39 is 16.8 Å². The second-order valence-corrected chi connectivity index (χ2v) is 8.05. The van der Waals surface area contributed by atoms with Crippen LogP contribution in [0.25, 0.3) is 5.65 Å². The van der Waals surface area contributed by atoms with Crippen molar-refractivity contribution in [3.8, 4) is 0 Å². The Morgan fingerprint density at radius 1 is 1.21 bits per heavy atom. The summed E-state index contributed by atoms with van der Waals surface area (Å²) in [5.74, 6) is -0.973. The zero-order valence-corrected chi connectivity index (χ0v) is 16.0. The summed E-state index contributed by atoms with van der Waals surface area (Å²) < 4.78 is 14.8. The lowest BCUT2D eigenvalue weighted by molar-refractivity contribution is -0.161. The van der Waals surface area contributed by atoms with E-state index in [1.807, 2.05) is 0 Å².